The largest absolute Gasteiger partial charge is 0.508 e. The van der Waals surface area contributed by atoms with Crippen LogP contribution in [0.2, 0.25) is 0 Å². The maximum atomic E-state index is 13.0. The maximum Gasteiger partial charge on any atom is 0.453 e. The molecular weight excluding hydrogens is 627 g/mol. The SMILES string of the molecule is C[C@]12C[C@H](c3ccc(OCCCCCS(=O)(=O)CCCC(F)(F)C(F)(F)F)cc3)[C@@H]3c4ccc(O)cc4CC[C@@]3(C)[C@@H]1CC[C@@H]2O. The molecule has 2 aromatic carbocycles. The molecule has 0 heterocycles. The number of aliphatic hydroxyl groups excluding tert-OH is 1. The molecule has 0 aliphatic heterocycles. The topological polar surface area (TPSA) is 83.8 Å². The number of hydrogen-bond donors (Lipinski definition) is 2. The predicted octanol–water partition coefficient (Wildman–Crippen LogP) is 8.33. The summed E-state index contributed by atoms with van der Waals surface area (Å²) in [6, 6.07) is 13.8. The number of halogens is 5. The van der Waals surface area contributed by atoms with Gasteiger partial charge in [-0.15, -0.1) is 0 Å². The number of benzene rings is 2. The molecular formula is C35H45F5O5S. The molecule has 0 bridgehead atoms. The van der Waals surface area contributed by atoms with Crippen LogP contribution in [0.25, 0.3) is 0 Å². The number of sulfone groups is 1. The summed E-state index contributed by atoms with van der Waals surface area (Å²) >= 11 is 0. The molecule has 0 spiro atoms. The van der Waals surface area contributed by atoms with Crippen molar-refractivity contribution in [3.8, 4) is 11.5 Å². The molecule has 3 aliphatic rings. The molecule has 0 aromatic heterocycles. The first-order valence-corrected chi connectivity index (χ1v) is 18.2. The summed E-state index contributed by atoms with van der Waals surface area (Å²) in [4.78, 5) is 0. The normalized spacial score (nSPS) is 29.6. The third-order valence-electron chi connectivity index (χ3n) is 11.3. The van der Waals surface area contributed by atoms with Gasteiger partial charge < -0.3 is 14.9 Å². The lowest BCUT2D eigenvalue weighted by Gasteiger charge is -2.60. The van der Waals surface area contributed by atoms with Crippen molar-refractivity contribution in [2.45, 2.75) is 108 Å². The Labute approximate surface area is 268 Å². The number of phenols is 1. The average molecular weight is 673 g/mol. The van der Waals surface area contributed by atoms with Crippen molar-refractivity contribution in [3.63, 3.8) is 0 Å². The Morgan fingerprint density at radius 2 is 1.61 bits per heavy atom. The molecule has 0 radical (unpaired) electrons. The highest BCUT2D eigenvalue weighted by molar-refractivity contribution is 7.91. The number of unbranched alkanes of at least 4 members (excludes halogenated alkanes) is 2. The van der Waals surface area contributed by atoms with Gasteiger partial charge in [0.25, 0.3) is 0 Å². The fraction of sp³-hybridized carbons (Fsp3) is 0.657. The standard InChI is InChI=1S/C35H45F5O5S/c1-32-17-15-24-21-25(41)9-12-27(24)31(32)28(22-33(2)29(32)13-14-30(33)42)23-7-10-26(11-8-23)45-18-4-3-5-19-46(43,44)20-6-16-34(36,37)35(38,39)40/h7-12,21,28-31,41-42H,3-6,13-20,22H2,1-2H3/t28-,29+,30+,31+,32+,33+/m1/s1. The summed E-state index contributed by atoms with van der Waals surface area (Å²) in [5.74, 6) is -4.04. The summed E-state index contributed by atoms with van der Waals surface area (Å²) < 4.78 is 93.0. The minimum Gasteiger partial charge on any atom is -0.508 e. The second-order valence-electron chi connectivity index (χ2n) is 14.3. The van der Waals surface area contributed by atoms with Crippen LogP contribution in [0.3, 0.4) is 0 Å². The highest BCUT2D eigenvalue weighted by Crippen LogP contribution is 2.70. The Morgan fingerprint density at radius 3 is 2.30 bits per heavy atom. The van der Waals surface area contributed by atoms with Crippen molar-refractivity contribution in [2.24, 2.45) is 16.7 Å². The van der Waals surface area contributed by atoms with Crippen molar-refractivity contribution in [3.05, 3.63) is 59.2 Å². The van der Waals surface area contributed by atoms with E-state index < -0.39 is 40.5 Å². The summed E-state index contributed by atoms with van der Waals surface area (Å²) in [5.41, 5.74) is 3.50. The Hall–Kier alpha value is -2.40. The van der Waals surface area contributed by atoms with Gasteiger partial charge in [0, 0.05) is 6.42 Å². The van der Waals surface area contributed by atoms with E-state index in [0.29, 0.717) is 31.1 Å². The van der Waals surface area contributed by atoms with Gasteiger partial charge in [-0.1, -0.05) is 32.0 Å². The molecule has 2 N–H and O–H groups in total. The number of aryl methyl sites for hydroxylation is 1. The molecule has 5 rings (SSSR count). The van der Waals surface area contributed by atoms with Crippen LogP contribution in [0.5, 0.6) is 11.5 Å². The van der Waals surface area contributed by atoms with Gasteiger partial charge in [-0.05, 0) is 127 Å². The highest BCUT2D eigenvalue weighted by atomic mass is 32.2. The number of phenolic OH excluding ortho intramolecular Hbond substituents is 1. The Bertz CT molecular complexity index is 1480. The quantitative estimate of drug-likeness (QED) is 0.175. The number of alkyl halides is 5. The molecule has 11 heteroatoms. The number of hydrogen-bond acceptors (Lipinski definition) is 5. The van der Waals surface area contributed by atoms with Crippen LogP contribution in [0.15, 0.2) is 42.5 Å². The third-order valence-corrected chi connectivity index (χ3v) is 13.1. The molecule has 2 aromatic rings. The summed E-state index contributed by atoms with van der Waals surface area (Å²) in [6.45, 7) is 5.01. The van der Waals surface area contributed by atoms with Gasteiger partial charge in [0.15, 0.2) is 0 Å². The smallest absolute Gasteiger partial charge is 0.453 e. The highest BCUT2D eigenvalue weighted by Gasteiger charge is 2.63. The van der Waals surface area contributed by atoms with Crippen molar-refractivity contribution in [1.29, 1.82) is 0 Å². The number of aromatic hydroxyl groups is 1. The van der Waals surface area contributed by atoms with Crippen molar-refractivity contribution in [1.82, 2.24) is 0 Å². The number of ether oxygens (including phenoxy) is 1. The maximum absolute atomic E-state index is 13.0. The average Bonchev–Trinajstić information content (AvgIpc) is 3.28. The molecule has 0 unspecified atom stereocenters. The Morgan fingerprint density at radius 1 is 0.913 bits per heavy atom. The molecule has 2 saturated carbocycles. The summed E-state index contributed by atoms with van der Waals surface area (Å²) in [6.07, 6.45) is -2.33. The number of aliphatic hydroxyl groups is 1. The second-order valence-corrected chi connectivity index (χ2v) is 16.6. The van der Waals surface area contributed by atoms with Gasteiger partial charge in [0.05, 0.1) is 24.2 Å². The van der Waals surface area contributed by atoms with E-state index in [2.05, 4.69) is 32.0 Å². The van der Waals surface area contributed by atoms with Gasteiger partial charge >= 0.3 is 12.1 Å². The lowest BCUT2D eigenvalue weighted by atomic mass is 9.44. The van der Waals surface area contributed by atoms with Crippen LogP contribution in [0.4, 0.5) is 22.0 Å². The summed E-state index contributed by atoms with van der Waals surface area (Å²) in [5, 5.41) is 21.4. The predicted molar refractivity (Wildman–Crippen MR) is 166 cm³/mol. The van der Waals surface area contributed by atoms with Crippen molar-refractivity contribution in [2.75, 3.05) is 18.1 Å². The van der Waals surface area contributed by atoms with E-state index in [4.69, 9.17) is 4.74 Å². The third kappa shape index (κ3) is 6.91. The minimum absolute atomic E-state index is 0.00984. The van der Waals surface area contributed by atoms with Gasteiger partial charge in [-0.3, -0.25) is 0 Å². The Kier molecular flexibility index (Phi) is 9.79. The minimum atomic E-state index is -5.68. The van der Waals surface area contributed by atoms with Crippen LogP contribution in [0, 0.1) is 16.7 Å². The second kappa shape index (κ2) is 12.9. The fourth-order valence-corrected chi connectivity index (χ4v) is 10.4. The monoisotopic (exact) mass is 672 g/mol. The first kappa shape index (κ1) is 34.9. The first-order chi connectivity index (χ1) is 21.5. The van der Waals surface area contributed by atoms with Gasteiger partial charge in [-0.25, -0.2) is 8.42 Å². The van der Waals surface area contributed by atoms with E-state index in [1.807, 2.05) is 18.2 Å². The van der Waals surface area contributed by atoms with E-state index >= 15 is 0 Å². The molecule has 6 atom stereocenters. The van der Waals surface area contributed by atoms with E-state index in [1.54, 1.807) is 6.07 Å². The molecule has 256 valence electrons. The van der Waals surface area contributed by atoms with Gasteiger partial charge in [-0.2, -0.15) is 22.0 Å². The number of fused-ring (bicyclic) bond motifs is 5. The van der Waals surface area contributed by atoms with Crippen LogP contribution < -0.4 is 4.74 Å². The van der Waals surface area contributed by atoms with Gasteiger partial charge in [0.1, 0.15) is 21.3 Å². The molecule has 0 saturated heterocycles. The Balaban J connectivity index is 1.16. The zero-order valence-electron chi connectivity index (χ0n) is 26.5. The van der Waals surface area contributed by atoms with Crippen molar-refractivity contribution < 1.29 is 45.3 Å². The fourth-order valence-electron chi connectivity index (χ4n) is 8.93. The van der Waals surface area contributed by atoms with Crippen LogP contribution >= 0.6 is 0 Å². The molecule has 3 aliphatic carbocycles. The van der Waals surface area contributed by atoms with Crippen molar-refractivity contribution >= 4 is 9.84 Å². The van der Waals surface area contributed by atoms with E-state index in [1.165, 1.54) is 16.7 Å². The molecule has 2 fully saturated rings. The van der Waals surface area contributed by atoms with Gasteiger partial charge in [0.2, 0.25) is 0 Å². The van der Waals surface area contributed by atoms with Crippen LogP contribution in [-0.4, -0.2) is 54.9 Å². The number of rotatable bonds is 12. The lowest BCUT2D eigenvalue weighted by molar-refractivity contribution is -0.284. The summed E-state index contributed by atoms with van der Waals surface area (Å²) in [7, 11) is -3.72. The molecule has 46 heavy (non-hydrogen) atoms. The first-order valence-electron chi connectivity index (χ1n) is 16.3. The van der Waals surface area contributed by atoms with E-state index in [0.717, 1.165) is 32.1 Å². The zero-order chi connectivity index (χ0) is 33.5. The molecule has 5 nitrogen and oxygen atoms in total. The van der Waals surface area contributed by atoms with Crippen LogP contribution in [-0.2, 0) is 16.3 Å². The lowest BCUT2D eigenvalue weighted by Crippen LogP contribution is -2.52. The zero-order valence-corrected chi connectivity index (χ0v) is 27.3. The van der Waals surface area contributed by atoms with Crippen LogP contribution in [0.1, 0.15) is 100 Å². The van der Waals surface area contributed by atoms with E-state index in [-0.39, 0.29) is 46.7 Å². The van der Waals surface area contributed by atoms with E-state index in [9.17, 15) is 40.6 Å². The molecule has 0 amide bonds.